The summed E-state index contributed by atoms with van der Waals surface area (Å²) in [6, 6.07) is 0. The number of esters is 1. The van der Waals surface area contributed by atoms with Crippen LogP contribution in [0.1, 0.15) is 29.3 Å². The van der Waals surface area contributed by atoms with Crippen molar-refractivity contribution in [3.8, 4) is 0 Å². The van der Waals surface area contributed by atoms with Crippen LogP contribution >= 0.6 is 11.3 Å². The number of aryl methyl sites for hydroxylation is 1. The summed E-state index contributed by atoms with van der Waals surface area (Å²) in [7, 11) is 0. The molecule has 0 saturated carbocycles. The summed E-state index contributed by atoms with van der Waals surface area (Å²) in [6.45, 7) is 8.05. The first-order valence-electron chi connectivity index (χ1n) is 5.55. The van der Waals surface area contributed by atoms with Crippen LogP contribution < -0.4 is 5.32 Å². The lowest BCUT2D eigenvalue weighted by Gasteiger charge is -2.04. The second-order valence-corrected chi connectivity index (χ2v) is 4.76. The molecule has 1 rings (SSSR count). The second-order valence-electron chi connectivity index (χ2n) is 3.67. The van der Waals surface area contributed by atoms with E-state index in [9.17, 15) is 4.79 Å². The maximum Gasteiger partial charge on any atom is 0.307 e. The van der Waals surface area contributed by atoms with Crippen molar-refractivity contribution in [3.05, 3.63) is 21.4 Å². The van der Waals surface area contributed by atoms with Gasteiger partial charge in [0.2, 0.25) is 0 Å². The zero-order chi connectivity index (χ0) is 12.0. The molecule has 0 aromatic carbocycles. The molecule has 0 spiro atoms. The third-order valence-corrected chi connectivity index (χ3v) is 3.58. The molecule has 0 saturated heterocycles. The molecule has 0 aliphatic rings. The van der Waals surface area contributed by atoms with E-state index >= 15 is 0 Å². The Morgan fingerprint density at radius 2 is 2.25 bits per heavy atom. The molecule has 0 amide bonds. The van der Waals surface area contributed by atoms with Gasteiger partial charge in [-0.1, -0.05) is 0 Å². The van der Waals surface area contributed by atoms with Crippen molar-refractivity contribution in [2.75, 3.05) is 13.2 Å². The van der Waals surface area contributed by atoms with Gasteiger partial charge in [0.15, 0.2) is 0 Å². The number of rotatable bonds is 6. The largest absolute Gasteiger partial charge is 0.466 e. The number of thiophene rings is 1. The van der Waals surface area contributed by atoms with Gasteiger partial charge in [-0.3, -0.25) is 4.79 Å². The second kappa shape index (κ2) is 6.66. The minimum Gasteiger partial charge on any atom is -0.466 e. The lowest BCUT2D eigenvalue weighted by atomic mass is 10.2. The van der Waals surface area contributed by atoms with Crippen molar-refractivity contribution in [2.45, 2.75) is 33.7 Å². The highest BCUT2D eigenvalue weighted by molar-refractivity contribution is 7.10. The summed E-state index contributed by atoms with van der Waals surface area (Å²) >= 11 is 1.77. The third kappa shape index (κ3) is 3.94. The average molecular weight is 241 g/mol. The number of ether oxygens (including phenoxy) is 1. The standard InChI is InChI=1S/C12H19NO2S/c1-4-15-12(14)5-6-13-7-11-8-16-10(3)9(11)2/h8,13H,4-7H2,1-3H3. The van der Waals surface area contributed by atoms with Crippen molar-refractivity contribution < 1.29 is 9.53 Å². The monoisotopic (exact) mass is 241 g/mol. The summed E-state index contributed by atoms with van der Waals surface area (Å²) in [5.74, 6) is -0.131. The van der Waals surface area contributed by atoms with Crippen LogP contribution in [0.4, 0.5) is 0 Å². The van der Waals surface area contributed by atoms with Crippen LogP contribution in [-0.4, -0.2) is 19.1 Å². The van der Waals surface area contributed by atoms with E-state index in [1.54, 1.807) is 11.3 Å². The Balaban J connectivity index is 2.21. The number of nitrogens with one attached hydrogen (secondary N) is 1. The van der Waals surface area contributed by atoms with Crippen LogP contribution in [0.2, 0.25) is 0 Å². The number of carbonyl (C=O) groups is 1. The van der Waals surface area contributed by atoms with E-state index in [0.29, 0.717) is 19.6 Å². The number of hydrogen-bond donors (Lipinski definition) is 1. The molecule has 0 unspecified atom stereocenters. The molecule has 3 nitrogen and oxygen atoms in total. The van der Waals surface area contributed by atoms with Crippen molar-refractivity contribution in [3.63, 3.8) is 0 Å². The minimum atomic E-state index is -0.131. The summed E-state index contributed by atoms with van der Waals surface area (Å²) in [5.41, 5.74) is 2.68. The minimum absolute atomic E-state index is 0.131. The zero-order valence-corrected chi connectivity index (χ0v) is 10.9. The molecule has 0 aliphatic carbocycles. The molecule has 90 valence electrons. The fraction of sp³-hybridized carbons (Fsp3) is 0.583. The average Bonchev–Trinajstić information content (AvgIpc) is 2.56. The van der Waals surface area contributed by atoms with Crippen LogP contribution in [0.25, 0.3) is 0 Å². The van der Waals surface area contributed by atoms with Crippen LogP contribution in [0.5, 0.6) is 0 Å². The van der Waals surface area contributed by atoms with Gasteiger partial charge in [-0.25, -0.2) is 0 Å². The van der Waals surface area contributed by atoms with Crippen molar-refractivity contribution in [2.24, 2.45) is 0 Å². The van der Waals surface area contributed by atoms with Gasteiger partial charge in [-0.15, -0.1) is 11.3 Å². The Morgan fingerprint density at radius 1 is 1.50 bits per heavy atom. The highest BCUT2D eigenvalue weighted by atomic mass is 32.1. The molecular formula is C12H19NO2S. The van der Waals surface area contributed by atoms with Crippen LogP contribution in [0, 0.1) is 13.8 Å². The van der Waals surface area contributed by atoms with E-state index in [-0.39, 0.29) is 5.97 Å². The first-order chi connectivity index (χ1) is 7.65. The van der Waals surface area contributed by atoms with Gasteiger partial charge in [0.05, 0.1) is 13.0 Å². The Hall–Kier alpha value is -0.870. The van der Waals surface area contributed by atoms with E-state index in [2.05, 4.69) is 24.5 Å². The smallest absolute Gasteiger partial charge is 0.307 e. The van der Waals surface area contributed by atoms with Crippen LogP contribution in [0.3, 0.4) is 0 Å². The molecule has 0 radical (unpaired) electrons. The fourth-order valence-corrected chi connectivity index (χ4v) is 2.27. The van der Waals surface area contributed by atoms with Gasteiger partial charge in [-0.05, 0) is 37.3 Å². The Bertz CT molecular complexity index is 347. The predicted molar refractivity (Wildman–Crippen MR) is 66.7 cm³/mol. The fourth-order valence-electron chi connectivity index (χ4n) is 1.38. The molecule has 0 bridgehead atoms. The van der Waals surface area contributed by atoms with E-state index in [4.69, 9.17) is 4.74 Å². The Morgan fingerprint density at radius 3 is 2.81 bits per heavy atom. The molecule has 0 aliphatic heterocycles. The molecule has 1 heterocycles. The number of carbonyl (C=O) groups excluding carboxylic acids is 1. The predicted octanol–water partition coefficient (Wildman–Crippen LogP) is 2.41. The van der Waals surface area contributed by atoms with Gasteiger partial charge in [-0.2, -0.15) is 0 Å². The lowest BCUT2D eigenvalue weighted by molar-refractivity contribution is -0.142. The molecule has 1 N–H and O–H groups in total. The highest BCUT2D eigenvalue weighted by Gasteiger charge is 2.04. The molecule has 0 fully saturated rings. The van der Waals surface area contributed by atoms with Crippen molar-refractivity contribution >= 4 is 17.3 Å². The SMILES string of the molecule is CCOC(=O)CCNCc1csc(C)c1C. The van der Waals surface area contributed by atoms with Crippen molar-refractivity contribution in [1.82, 2.24) is 5.32 Å². The third-order valence-electron chi connectivity index (χ3n) is 2.51. The van der Waals surface area contributed by atoms with Crippen LogP contribution in [-0.2, 0) is 16.1 Å². The van der Waals surface area contributed by atoms with E-state index in [1.165, 1.54) is 16.0 Å². The normalized spacial score (nSPS) is 10.4. The van der Waals surface area contributed by atoms with Gasteiger partial charge < -0.3 is 10.1 Å². The summed E-state index contributed by atoms with van der Waals surface area (Å²) in [4.78, 5) is 12.4. The zero-order valence-electron chi connectivity index (χ0n) is 10.1. The van der Waals surface area contributed by atoms with Crippen LogP contribution in [0.15, 0.2) is 5.38 Å². The van der Waals surface area contributed by atoms with Gasteiger partial charge in [0.1, 0.15) is 0 Å². The Kier molecular flexibility index (Phi) is 5.49. The van der Waals surface area contributed by atoms with E-state index in [1.807, 2.05) is 6.92 Å². The summed E-state index contributed by atoms with van der Waals surface area (Å²) in [6.07, 6.45) is 0.440. The highest BCUT2D eigenvalue weighted by Crippen LogP contribution is 2.19. The maximum atomic E-state index is 11.1. The van der Waals surface area contributed by atoms with Gasteiger partial charge in [0, 0.05) is 18.0 Å². The van der Waals surface area contributed by atoms with Gasteiger partial charge >= 0.3 is 5.97 Å². The first-order valence-corrected chi connectivity index (χ1v) is 6.43. The maximum absolute atomic E-state index is 11.1. The Labute approximate surface area is 101 Å². The molecule has 4 heteroatoms. The van der Waals surface area contributed by atoms with Gasteiger partial charge in [0.25, 0.3) is 0 Å². The molecule has 0 atom stereocenters. The molecule has 1 aromatic heterocycles. The first kappa shape index (κ1) is 13.2. The van der Waals surface area contributed by atoms with Crippen molar-refractivity contribution in [1.29, 1.82) is 0 Å². The van der Waals surface area contributed by atoms with E-state index in [0.717, 1.165) is 6.54 Å². The molecule has 1 aromatic rings. The quantitative estimate of drug-likeness (QED) is 0.614. The topological polar surface area (TPSA) is 38.3 Å². The number of hydrogen-bond acceptors (Lipinski definition) is 4. The summed E-state index contributed by atoms with van der Waals surface area (Å²) in [5, 5.41) is 5.42. The molecular weight excluding hydrogens is 222 g/mol. The molecule has 16 heavy (non-hydrogen) atoms. The summed E-state index contributed by atoms with van der Waals surface area (Å²) < 4.78 is 4.85. The lowest BCUT2D eigenvalue weighted by Crippen LogP contribution is -2.19. The van der Waals surface area contributed by atoms with E-state index < -0.39 is 0 Å².